The van der Waals surface area contributed by atoms with Crippen molar-refractivity contribution in [3.05, 3.63) is 11.6 Å². The van der Waals surface area contributed by atoms with Crippen molar-refractivity contribution >= 4 is 0 Å². The summed E-state index contributed by atoms with van der Waals surface area (Å²) in [5, 5.41) is 10.1. The summed E-state index contributed by atoms with van der Waals surface area (Å²) in [7, 11) is 0. The molecule has 0 radical (unpaired) electrons. The molecule has 0 saturated heterocycles. The minimum atomic E-state index is -0.00271. The Morgan fingerprint density at radius 3 is 2.52 bits per heavy atom. The Balaban J connectivity index is 0.000000753. The van der Waals surface area contributed by atoms with Gasteiger partial charge in [-0.3, -0.25) is 0 Å². The monoisotopic (exact) mass is 318 g/mol. The smallest absolute Gasteiger partial charge is 0.0543 e. The molecule has 4 fully saturated rings. The molecule has 0 aromatic heterocycles. The Labute approximate surface area is 143 Å². The first kappa shape index (κ1) is 17.5. The van der Waals surface area contributed by atoms with Gasteiger partial charge >= 0.3 is 0 Å². The minimum absolute atomic E-state index is 0.00271. The maximum atomic E-state index is 10.1. The van der Waals surface area contributed by atoms with Gasteiger partial charge in [-0.15, -0.1) is 0 Å². The van der Waals surface area contributed by atoms with Gasteiger partial charge in [0.15, 0.2) is 0 Å². The van der Waals surface area contributed by atoms with Gasteiger partial charge in [-0.1, -0.05) is 32.4 Å². The molecular formula is C22H38O. The lowest BCUT2D eigenvalue weighted by molar-refractivity contribution is -0.104. The predicted octanol–water partition coefficient (Wildman–Crippen LogP) is 5.97. The van der Waals surface area contributed by atoms with Gasteiger partial charge in [0.25, 0.3) is 0 Å². The third kappa shape index (κ3) is 2.81. The van der Waals surface area contributed by atoms with E-state index >= 15 is 0 Å². The van der Waals surface area contributed by atoms with Gasteiger partial charge in [-0.25, -0.2) is 0 Å². The maximum absolute atomic E-state index is 10.1. The lowest BCUT2D eigenvalue weighted by Crippen LogP contribution is -2.51. The zero-order valence-electron chi connectivity index (χ0n) is 15.9. The Morgan fingerprint density at radius 1 is 1.00 bits per heavy atom. The van der Waals surface area contributed by atoms with Gasteiger partial charge in [0.05, 0.1) is 6.10 Å². The van der Waals surface area contributed by atoms with Gasteiger partial charge in [0.2, 0.25) is 0 Å². The number of aliphatic hydroxyl groups is 1. The molecule has 1 nitrogen and oxygen atoms in total. The largest absolute Gasteiger partial charge is 0.393 e. The zero-order valence-corrected chi connectivity index (χ0v) is 15.9. The number of aliphatic hydroxyl groups excluding tert-OH is 1. The molecule has 4 saturated carbocycles. The van der Waals surface area contributed by atoms with Crippen molar-refractivity contribution < 1.29 is 5.11 Å². The van der Waals surface area contributed by atoms with Gasteiger partial charge in [0.1, 0.15) is 0 Å². The highest BCUT2D eigenvalue weighted by Gasteiger charge is 2.55. The molecule has 7 unspecified atom stereocenters. The highest BCUT2D eigenvalue weighted by molar-refractivity contribution is 5.17. The molecule has 0 bridgehead atoms. The average Bonchev–Trinajstić information content (AvgIpc) is 3.00. The molecule has 7 atom stereocenters. The first-order valence-electron chi connectivity index (χ1n) is 10.5. The van der Waals surface area contributed by atoms with Crippen molar-refractivity contribution in [1.29, 1.82) is 0 Å². The van der Waals surface area contributed by atoms with E-state index in [1.807, 2.05) is 13.8 Å². The third-order valence-electron chi connectivity index (χ3n) is 8.19. The number of rotatable bonds is 0. The molecule has 23 heavy (non-hydrogen) atoms. The van der Waals surface area contributed by atoms with Crippen LogP contribution in [0, 0.1) is 35.0 Å². The molecule has 1 N–H and O–H groups in total. The highest BCUT2D eigenvalue weighted by atomic mass is 16.3. The lowest BCUT2D eigenvalue weighted by atomic mass is 9.47. The van der Waals surface area contributed by atoms with E-state index < -0.39 is 0 Å². The highest BCUT2D eigenvalue weighted by Crippen LogP contribution is 2.63. The molecular weight excluding hydrogens is 280 g/mol. The molecule has 1 heteroatoms. The Kier molecular flexibility index (Phi) is 5.26. The number of fused-ring (bicyclic) bond motifs is 5. The van der Waals surface area contributed by atoms with Crippen molar-refractivity contribution in [3.63, 3.8) is 0 Å². The van der Waals surface area contributed by atoms with Crippen molar-refractivity contribution in [2.24, 2.45) is 35.0 Å². The van der Waals surface area contributed by atoms with Crippen LogP contribution < -0.4 is 0 Å². The van der Waals surface area contributed by atoms with E-state index in [0.29, 0.717) is 5.41 Å². The van der Waals surface area contributed by atoms with Crippen LogP contribution in [-0.2, 0) is 0 Å². The third-order valence-corrected chi connectivity index (χ3v) is 8.19. The molecule has 0 heterocycles. The van der Waals surface area contributed by atoms with Crippen LogP contribution in [0.4, 0.5) is 0 Å². The van der Waals surface area contributed by atoms with Crippen molar-refractivity contribution in [3.8, 4) is 0 Å². The minimum Gasteiger partial charge on any atom is -0.393 e. The summed E-state index contributed by atoms with van der Waals surface area (Å²) in [6, 6.07) is 0. The van der Waals surface area contributed by atoms with E-state index in [1.165, 1.54) is 44.9 Å². The Bertz CT molecular complexity index is 439. The quantitative estimate of drug-likeness (QED) is 0.545. The zero-order chi connectivity index (χ0) is 16.6. The van der Waals surface area contributed by atoms with E-state index in [-0.39, 0.29) is 6.10 Å². The van der Waals surface area contributed by atoms with E-state index in [9.17, 15) is 5.11 Å². The number of hydrogen-bond donors (Lipinski definition) is 1. The van der Waals surface area contributed by atoms with Crippen LogP contribution in [0.25, 0.3) is 0 Å². The summed E-state index contributed by atoms with van der Waals surface area (Å²) < 4.78 is 0. The van der Waals surface area contributed by atoms with Crippen molar-refractivity contribution in [1.82, 2.24) is 0 Å². The fourth-order valence-electron chi connectivity index (χ4n) is 7.10. The second kappa shape index (κ2) is 6.90. The summed E-state index contributed by atoms with van der Waals surface area (Å²) in [5.74, 6) is 4.70. The van der Waals surface area contributed by atoms with Gasteiger partial charge < -0.3 is 5.11 Å². The second-order valence-electron chi connectivity index (χ2n) is 8.73. The first-order chi connectivity index (χ1) is 11.1. The fourth-order valence-corrected chi connectivity index (χ4v) is 7.10. The first-order valence-corrected chi connectivity index (χ1v) is 10.5. The van der Waals surface area contributed by atoms with Crippen LogP contribution in [0.5, 0.6) is 0 Å². The molecule has 0 aromatic rings. The van der Waals surface area contributed by atoms with E-state index in [1.54, 1.807) is 5.57 Å². The molecule has 0 amide bonds. The molecule has 4 rings (SSSR count). The Morgan fingerprint density at radius 2 is 1.78 bits per heavy atom. The molecule has 132 valence electrons. The SMILES string of the molecule is C/C=C1/CCC2C1CCC1C2CCC2CC(O)CCC21C.CC. The molecule has 0 aromatic carbocycles. The number of hydrogen-bond acceptors (Lipinski definition) is 1. The van der Waals surface area contributed by atoms with Gasteiger partial charge in [-0.2, -0.15) is 0 Å². The molecule has 0 aliphatic heterocycles. The summed E-state index contributed by atoms with van der Waals surface area (Å²) in [5.41, 5.74) is 2.33. The maximum Gasteiger partial charge on any atom is 0.0543 e. The van der Waals surface area contributed by atoms with Crippen LogP contribution in [0.3, 0.4) is 0 Å². The van der Waals surface area contributed by atoms with Crippen molar-refractivity contribution in [2.75, 3.05) is 0 Å². The number of allylic oxidation sites excluding steroid dienone is 2. The lowest BCUT2D eigenvalue weighted by Gasteiger charge is -2.58. The fraction of sp³-hybridized carbons (Fsp3) is 0.909. The van der Waals surface area contributed by atoms with Crippen LogP contribution in [0.2, 0.25) is 0 Å². The predicted molar refractivity (Wildman–Crippen MR) is 98.2 cm³/mol. The normalized spacial score (nSPS) is 50.4. The second-order valence-corrected chi connectivity index (χ2v) is 8.73. The summed E-state index contributed by atoms with van der Waals surface area (Å²) >= 11 is 0. The van der Waals surface area contributed by atoms with Crippen LogP contribution >= 0.6 is 0 Å². The molecule has 4 aliphatic rings. The average molecular weight is 319 g/mol. The topological polar surface area (TPSA) is 20.2 Å². The van der Waals surface area contributed by atoms with Gasteiger partial charge in [0, 0.05) is 0 Å². The van der Waals surface area contributed by atoms with Crippen LogP contribution in [-0.4, -0.2) is 11.2 Å². The van der Waals surface area contributed by atoms with Crippen LogP contribution in [0.15, 0.2) is 11.6 Å². The van der Waals surface area contributed by atoms with Crippen molar-refractivity contribution in [2.45, 2.75) is 91.6 Å². The van der Waals surface area contributed by atoms with E-state index in [4.69, 9.17) is 0 Å². The van der Waals surface area contributed by atoms with E-state index in [2.05, 4.69) is 19.9 Å². The molecule has 0 spiro atoms. The standard InChI is InChI=1S/C20H32O.C2H6/c1-3-13-4-6-17-16(13)8-9-19-18(17)7-5-14-12-15(21)10-11-20(14,19)2;1-2/h3,14-19,21H,4-12H2,1-2H3;1-2H3/b13-3-;. The summed E-state index contributed by atoms with van der Waals surface area (Å²) in [6.07, 6.45) is 14.5. The Hall–Kier alpha value is -0.300. The molecule has 4 aliphatic carbocycles. The summed E-state index contributed by atoms with van der Waals surface area (Å²) in [4.78, 5) is 0. The summed E-state index contributed by atoms with van der Waals surface area (Å²) in [6.45, 7) is 8.84. The van der Waals surface area contributed by atoms with Crippen LogP contribution in [0.1, 0.15) is 85.5 Å². The van der Waals surface area contributed by atoms with Gasteiger partial charge in [-0.05, 0) is 99.7 Å². The van der Waals surface area contributed by atoms with E-state index in [0.717, 1.165) is 42.4 Å².